The van der Waals surface area contributed by atoms with Crippen LogP contribution in [0.5, 0.6) is 0 Å². The first kappa shape index (κ1) is 27.3. The predicted octanol–water partition coefficient (Wildman–Crippen LogP) is 6.41. The van der Waals surface area contributed by atoms with Gasteiger partial charge in [0.25, 0.3) is 0 Å². The van der Waals surface area contributed by atoms with Crippen LogP contribution in [0, 0.1) is 17.3 Å². The van der Waals surface area contributed by atoms with Crippen molar-refractivity contribution in [1.82, 2.24) is 4.90 Å². The number of allylic oxidation sites excluding steroid dienone is 1. The molecule has 1 aromatic carbocycles. The Morgan fingerprint density at radius 3 is 2.69 bits per heavy atom. The average Bonchev–Trinajstić information content (AvgIpc) is 2.75. The molecule has 2 aliphatic rings. The van der Waals surface area contributed by atoms with Crippen molar-refractivity contribution in [2.24, 2.45) is 22.2 Å². The number of amidine groups is 1. The maximum absolute atomic E-state index is 13.2. The van der Waals surface area contributed by atoms with E-state index < -0.39 is 0 Å². The maximum atomic E-state index is 13.2. The van der Waals surface area contributed by atoms with E-state index in [2.05, 4.69) is 37.9 Å². The molecule has 6 nitrogen and oxygen atoms in total. The monoisotopic (exact) mass is 499 g/mol. The summed E-state index contributed by atoms with van der Waals surface area (Å²) in [4.78, 5) is 33.0. The minimum absolute atomic E-state index is 0.0154. The number of esters is 1. The van der Waals surface area contributed by atoms with Crippen molar-refractivity contribution in [1.29, 1.82) is 0 Å². The number of ether oxygens (including phenoxy) is 1. The van der Waals surface area contributed by atoms with Crippen LogP contribution in [0.2, 0.25) is 0 Å². The van der Waals surface area contributed by atoms with Crippen molar-refractivity contribution in [2.75, 3.05) is 24.2 Å². The maximum Gasteiger partial charge on any atom is 0.338 e. The summed E-state index contributed by atoms with van der Waals surface area (Å²) in [5.74, 6) is 1.27. The molecule has 7 heteroatoms. The Labute approximate surface area is 215 Å². The van der Waals surface area contributed by atoms with Gasteiger partial charge in [0.2, 0.25) is 5.91 Å². The molecule has 35 heavy (non-hydrogen) atoms. The van der Waals surface area contributed by atoms with E-state index in [1.54, 1.807) is 11.8 Å². The van der Waals surface area contributed by atoms with Gasteiger partial charge in [-0.05, 0) is 54.7 Å². The normalized spacial score (nSPS) is 19.3. The molecule has 2 atom stereocenters. The Bertz CT molecular complexity index is 993. The summed E-state index contributed by atoms with van der Waals surface area (Å²) >= 11 is 1.73. The van der Waals surface area contributed by atoms with Crippen LogP contribution in [-0.4, -0.2) is 40.8 Å². The molecule has 0 aromatic heterocycles. The Balaban J connectivity index is 1.85. The van der Waals surface area contributed by atoms with E-state index in [4.69, 9.17) is 9.73 Å². The molecule has 0 aliphatic carbocycles. The Kier molecular flexibility index (Phi) is 9.08. The molecule has 0 spiro atoms. The Morgan fingerprint density at radius 1 is 1.26 bits per heavy atom. The van der Waals surface area contributed by atoms with Crippen molar-refractivity contribution in [3.05, 3.63) is 41.1 Å². The number of fused-ring (bicyclic) bond motifs is 1. The molecule has 3 rings (SSSR count). The molecule has 192 valence electrons. The smallest absolute Gasteiger partial charge is 0.338 e. The number of nitrogens with one attached hydrogen (secondary N) is 1. The Morgan fingerprint density at radius 2 is 2.00 bits per heavy atom. The topological polar surface area (TPSA) is 71.0 Å². The van der Waals surface area contributed by atoms with Gasteiger partial charge in [-0.3, -0.25) is 4.79 Å². The number of hydrogen-bond donors (Lipinski definition) is 1. The zero-order chi connectivity index (χ0) is 25.8. The highest BCUT2D eigenvalue weighted by Gasteiger charge is 2.38. The van der Waals surface area contributed by atoms with Crippen LogP contribution >= 0.6 is 11.8 Å². The lowest BCUT2D eigenvalue weighted by atomic mass is 9.84. The summed E-state index contributed by atoms with van der Waals surface area (Å²) in [7, 11) is 0. The molecule has 2 heterocycles. The first-order chi connectivity index (χ1) is 16.4. The van der Waals surface area contributed by atoms with Gasteiger partial charge in [0, 0.05) is 24.4 Å². The molecule has 0 bridgehead atoms. The van der Waals surface area contributed by atoms with Gasteiger partial charge in [-0.15, -0.1) is 0 Å². The lowest BCUT2D eigenvalue weighted by Gasteiger charge is -2.40. The van der Waals surface area contributed by atoms with Crippen LogP contribution < -0.4 is 5.32 Å². The number of thioether (sulfide) groups is 1. The summed E-state index contributed by atoms with van der Waals surface area (Å²) in [6, 6.07) is 7.58. The number of benzene rings is 1. The lowest BCUT2D eigenvalue weighted by Crippen LogP contribution is -2.42. The number of hydrogen-bond acceptors (Lipinski definition) is 6. The molecule has 2 aliphatic heterocycles. The fraction of sp³-hybridized carbons (Fsp3) is 0.607. The van der Waals surface area contributed by atoms with E-state index in [1.165, 1.54) is 0 Å². The van der Waals surface area contributed by atoms with E-state index in [9.17, 15) is 9.59 Å². The molecule has 1 amide bonds. The van der Waals surface area contributed by atoms with E-state index in [0.29, 0.717) is 30.2 Å². The average molecular weight is 500 g/mol. The van der Waals surface area contributed by atoms with Gasteiger partial charge in [-0.2, -0.15) is 0 Å². The van der Waals surface area contributed by atoms with Gasteiger partial charge < -0.3 is 15.0 Å². The highest BCUT2D eigenvalue weighted by atomic mass is 32.2. The first-order valence-corrected chi connectivity index (χ1v) is 13.7. The molecular weight excluding hydrogens is 458 g/mol. The van der Waals surface area contributed by atoms with Gasteiger partial charge in [0.1, 0.15) is 0 Å². The second kappa shape index (κ2) is 11.6. The number of aliphatic imine (C=N–C) groups is 1. The Hall–Kier alpha value is -2.28. The third kappa shape index (κ3) is 7.60. The number of rotatable bonds is 8. The second-order valence-electron chi connectivity index (χ2n) is 11.4. The van der Waals surface area contributed by atoms with E-state index in [-0.39, 0.29) is 29.3 Å². The quantitative estimate of drug-likeness (QED) is 0.419. The van der Waals surface area contributed by atoms with Crippen LogP contribution in [-0.2, 0) is 14.3 Å². The van der Waals surface area contributed by atoms with E-state index >= 15 is 0 Å². The standard InChI is InChI=1S/C28H41N3O3S/c1-18(2)17-34-26(33)24-20(4)29-27-31(12-9-13-35-27)25(24)21-10-8-11-22(15-21)30-23(32)14-19(3)16-28(5,6)7/h8,10-11,15,18-19,25H,9,12-14,16-17H2,1-7H3,(H,30,32). The molecule has 1 fully saturated rings. The summed E-state index contributed by atoms with van der Waals surface area (Å²) in [5, 5.41) is 4.03. The van der Waals surface area contributed by atoms with Crippen LogP contribution in [0.15, 0.2) is 40.5 Å². The van der Waals surface area contributed by atoms with Crippen LogP contribution in [0.1, 0.15) is 79.3 Å². The van der Waals surface area contributed by atoms with Crippen molar-refractivity contribution in [3.63, 3.8) is 0 Å². The second-order valence-corrected chi connectivity index (χ2v) is 12.5. The largest absolute Gasteiger partial charge is 0.462 e. The number of nitrogens with zero attached hydrogens (tertiary/aromatic N) is 2. The van der Waals surface area contributed by atoms with Crippen LogP contribution in [0.4, 0.5) is 5.69 Å². The third-order valence-electron chi connectivity index (χ3n) is 6.01. The number of carbonyl (C=O) groups excluding carboxylic acids is 2. The number of carbonyl (C=O) groups is 2. The fourth-order valence-electron chi connectivity index (χ4n) is 4.83. The SMILES string of the molecule is CC1=C(C(=O)OCC(C)C)C(c2cccc(NC(=O)CC(C)CC(C)(C)C)c2)N2CCCSC2=N1. The third-order valence-corrected chi connectivity index (χ3v) is 7.08. The summed E-state index contributed by atoms with van der Waals surface area (Å²) in [6.07, 6.45) is 2.50. The number of amides is 1. The van der Waals surface area contributed by atoms with Gasteiger partial charge >= 0.3 is 5.97 Å². The lowest BCUT2D eigenvalue weighted by molar-refractivity contribution is -0.141. The number of anilines is 1. The molecular formula is C28H41N3O3S. The van der Waals surface area contributed by atoms with Crippen molar-refractivity contribution in [3.8, 4) is 0 Å². The fourth-order valence-corrected chi connectivity index (χ4v) is 5.85. The first-order valence-electron chi connectivity index (χ1n) is 12.7. The zero-order valence-electron chi connectivity index (χ0n) is 22.3. The minimum atomic E-state index is -0.315. The van der Waals surface area contributed by atoms with Crippen molar-refractivity contribution >= 4 is 34.5 Å². The molecule has 0 radical (unpaired) electrons. The minimum Gasteiger partial charge on any atom is -0.462 e. The van der Waals surface area contributed by atoms with Gasteiger partial charge in [-0.1, -0.05) is 65.4 Å². The van der Waals surface area contributed by atoms with Gasteiger partial charge in [0.15, 0.2) is 5.17 Å². The molecule has 2 unspecified atom stereocenters. The van der Waals surface area contributed by atoms with Gasteiger partial charge in [-0.25, -0.2) is 9.79 Å². The van der Waals surface area contributed by atoms with E-state index in [0.717, 1.165) is 41.6 Å². The van der Waals surface area contributed by atoms with Crippen molar-refractivity contribution in [2.45, 2.75) is 73.8 Å². The van der Waals surface area contributed by atoms with Crippen molar-refractivity contribution < 1.29 is 14.3 Å². The molecule has 0 saturated carbocycles. The summed E-state index contributed by atoms with van der Waals surface area (Å²) < 4.78 is 5.65. The predicted molar refractivity (Wildman–Crippen MR) is 145 cm³/mol. The van der Waals surface area contributed by atoms with Crippen LogP contribution in [0.3, 0.4) is 0 Å². The highest BCUT2D eigenvalue weighted by molar-refractivity contribution is 8.13. The van der Waals surface area contributed by atoms with E-state index in [1.807, 2.05) is 45.0 Å². The zero-order valence-corrected chi connectivity index (χ0v) is 23.1. The van der Waals surface area contributed by atoms with Gasteiger partial charge in [0.05, 0.1) is 23.9 Å². The summed E-state index contributed by atoms with van der Waals surface area (Å²) in [5.41, 5.74) is 3.18. The highest BCUT2D eigenvalue weighted by Crippen LogP contribution is 2.40. The molecule has 1 saturated heterocycles. The van der Waals surface area contributed by atoms with Crippen LogP contribution in [0.25, 0.3) is 0 Å². The molecule has 1 N–H and O–H groups in total. The summed E-state index contributed by atoms with van der Waals surface area (Å²) in [6.45, 7) is 15.9. The molecule has 1 aromatic rings.